The molecule has 0 aliphatic rings. The Hall–Kier alpha value is -0.830. The molecule has 3 heteroatoms. The smallest absolute Gasteiger partial charge is 0.0624 e. The second-order valence-corrected chi connectivity index (χ2v) is 6.18. The fourth-order valence-corrected chi connectivity index (χ4v) is 2.19. The van der Waals surface area contributed by atoms with Gasteiger partial charge in [0.2, 0.25) is 0 Å². The van der Waals surface area contributed by atoms with Crippen molar-refractivity contribution in [3.05, 3.63) is 17.5 Å². The van der Waals surface area contributed by atoms with Crippen LogP contribution in [0.1, 0.15) is 46.0 Å². The first-order valence-electron chi connectivity index (χ1n) is 7.11. The number of rotatable bonds is 6. The molecule has 0 fully saturated rings. The minimum Gasteiger partial charge on any atom is -0.317 e. The molecule has 1 rings (SSSR count). The lowest BCUT2D eigenvalue weighted by atomic mass is 9.78. The molecular formula is C15H29N3. The van der Waals surface area contributed by atoms with Gasteiger partial charge in [-0.15, -0.1) is 0 Å². The van der Waals surface area contributed by atoms with Gasteiger partial charge in [0.05, 0.1) is 5.69 Å². The van der Waals surface area contributed by atoms with Crippen LogP contribution in [0.3, 0.4) is 0 Å². The molecule has 0 radical (unpaired) electrons. The molecule has 0 saturated heterocycles. The Labute approximate surface area is 112 Å². The summed E-state index contributed by atoms with van der Waals surface area (Å²) in [5.41, 5.74) is 2.87. The summed E-state index contributed by atoms with van der Waals surface area (Å²) in [4.78, 5) is 0. The quantitative estimate of drug-likeness (QED) is 0.842. The second-order valence-electron chi connectivity index (χ2n) is 6.18. The molecule has 1 aromatic rings. The third kappa shape index (κ3) is 4.13. The van der Waals surface area contributed by atoms with E-state index < -0.39 is 0 Å². The lowest BCUT2D eigenvalue weighted by molar-refractivity contribution is 0.228. The molecule has 18 heavy (non-hydrogen) atoms. The summed E-state index contributed by atoms with van der Waals surface area (Å²) in [7, 11) is 2.06. The summed E-state index contributed by atoms with van der Waals surface area (Å²) in [6.07, 6.45) is 2.11. The van der Waals surface area contributed by atoms with Crippen molar-refractivity contribution in [2.24, 2.45) is 18.4 Å². The highest BCUT2D eigenvalue weighted by Gasteiger charge is 2.25. The van der Waals surface area contributed by atoms with Crippen LogP contribution in [0.15, 0.2) is 6.07 Å². The highest BCUT2D eigenvalue weighted by molar-refractivity contribution is 5.11. The first-order valence-corrected chi connectivity index (χ1v) is 7.11. The third-order valence-electron chi connectivity index (χ3n) is 3.71. The maximum Gasteiger partial charge on any atom is 0.0624 e. The molecular weight excluding hydrogens is 222 g/mol. The van der Waals surface area contributed by atoms with Crippen molar-refractivity contribution in [3.8, 4) is 0 Å². The van der Waals surface area contributed by atoms with Crippen molar-refractivity contribution in [2.75, 3.05) is 13.1 Å². The predicted molar refractivity (Wildman–Crippen MR) is 77.8 cm³/mol. The zero-order valence-electron chi connectivity index (χ0n) is 12.9. The van der Waals surface area contributed by atoms with Crippen molar-refractivity contribution in [2.45, 2.75) is 47.5 Å². The zero-order valence-corrected chi connectivity index (χ0v) is 12.9. The van der Waals surface area contributed by atoms with Crippen LogP contribution in [0.4, 0.5) is 0 Å². The highest BCUT2D eigenvalue weighted by atomic mass is 15.3. The largest absolute Gasteiger partial charge is 0.317 e. The molecule has 0 amide bonds. The number of nitrogens with zero attached hydrogens (tertiary/aromatic N) is 2. The maximum atomic E-state index is 4.54. The molecule has 3 nitrogen and oxygen atoms in total. The van der Waals surface area contributed by atoms with Gasteiger partial charge in [-0.3, -0.25) is 4.68 Å². The van der Waals surface area contributed by atoms with Crippen molar-refractivity contribution >= 4 is 0 Å². The van der Waals surface area contributed by atoms with Crippen LogP contribution in [0.2, 0.25) is 0 Å². The fraction of sp³-hybridized carbons (Fsp3) is 0.800. The zero-order chi connectivity index (χ0) is 13.8. The van der Waals surface area contributed by atoms with Gasteiger partial charge < -0.3 is 5.32 Å². The number of hydrogen-bond donors (Lipinski definition) is 1. The van der Waals surface area contributed by atoms with Crippen LogP contribution in [-0.4, -0.2) is 22.9 Å². The van der Waals surface area contributed by atoms with Gasteiger partial charge in [0, 0.05) is 12.7 Å². The Morgan fingerprint density at radius 2 is 2.00 bits per heavy atom. The summed E-state index contributed by atoms with van der Waals surface area (Å²) < 4.78 is 2.05. The monoisotopic (exact) mass is 251 g/mol. The van der Waals surface area contributed by atoms with Crippen molar-refractivity contribution in [1.29, 1.82) is 0 Å². The average Bonchev–Trinajstić information content (AvgIpc) is 2.64. The molecule has 104 valence electrons. The van der Waals surface area contributed by atoms with E-state index in [1.807, 2.05) is 4.68 Å². The molecule has 0 spiro atoms. The average molecular weight is 251 g/mol. The van der Waals surface area contributed by atoms with Crippen molar-refractivity contribution < 1.29 is 0 Å². The van der Waals surface area contributed by atoms with E-state index >= 15 is 0 Å². The van der Waals surface area contributed by atoms with E-state index in [0.29, 0.717) is 11.3 Å². The van der Waals surface area contributed by atoms with Crippen molar-refractivity contribution in [3.63, 3.8) is 0 Å². The van der Waals surface area contributed by atoms with Gasteiger partial charge in [-0.2, -0.15) is 5.10 Å². The van der Waals surface area contributed by atoms with Gasteiger partial charge in [0.1, 0.15) is 0 Å². The lowest BCUT2D eigenvalue weighted by Crippen LogP contribution is -2.33. The number of nitrogens with one attached hydrogen (secondary N) is 1. The molecule has 0 bridgehead atoms. The Morgan fingerprint density at radius 1 is 1.33 bits per heavy atom. The van der Waals surface area contributed by atoms with Crippen LogP contribution in [0.5, 0.6) is 0 Å². The standard InChI is InChI=1S/C15H29N3/c1-7-13-10-14(18(6)17-13)9-12(11-16-8-2)15(3,4)5/h10,12,16H,7-9,11H2,1-6H3. The highest BCUT2D eigenvalue weighted by Crippen LogP contribution is 2.28. The van der Waals surface area contributed by atoms with E-state index in [4.69, 9.17) is 0 Å². The summed E-state index contributed by atoms with van der Waals surface area (Å²) >= 11 is 0. The molecule has 0 aromatic carbocycles. The fourth-order valence-electron chi connectivity index (χ4n) is 2.19. The van der Waals surface area contributed by atoms with Gasteiger partial charge in [0.15, 0.2) is 0 Å². The molecule has 0 aliphatic carbocycles. The molecule has 1 N–H and O–H groups in total. The van der Waals surface area contributed by atoms with Gasteiger partial charge in [-0.25, -0.2) is 0 Å². The van der Waals surface area contributed by atoms with Crippen LogP contribution < -0.4 is 5.32 Å². The van der Waals surface area contributed by atoms with E-state index in [1.165, 1.54) is 11.4 Å². The molecule has 1 aromatic heterocycles. The number of hydrogen-bond acceptors (Lipinski definition) is 2. The predicted octanol–water partition coefficient (Wildman–Crippen LogP) is 2.80. The first kappa shape index (κ1) is 15.2. The SMILES string of the molecule is CCNCC(Cc1cc(CC)nn1C)C(C)(C)C. The van der Waals surface area contributed by atoms with Crippen LogP contribution in [0.25, 0.3) is 0 Å². The van der Waals surface area contributed by atoms with E-state index in [-0.39, 0.29) is 0 Å². The number of aryl methyl sites for hydroxylation is 2. The molecule has 0 saturated carbocycles. The lowest BCUT2D eigenvalue weighted by Gasteiger charge is -2.31. The maximum absolute atomic E-state index is 4.54. The number of aromatic nitrogens is 2. The van der Waals surface area contributed by atoms with Gasteiger partial charge in [-0.05, 0) is 43.3 Å². The Kier molecular flexibility index (Phi) is 5.39. The second kappa shape index (κ2) is 6.37. The Morgan fingerprint density at radius 3 is 2.44 bits per heavy atom. The van der Waals surface area contributed by atoms with Gasteiger partial charge in [-0.1, -0.05) is 34.6 Å². The summed E-state index contributed by atoms with van der Waals surface area (Å²) in [6, 6.07) is 2.25. The van der Waals surface area contributed by atoms with Gasteiger partial charge in [0.25, 0.3) is 0 Å². The summed E-state index contributed by atoms with van der Waals surface area (Å²) in [5, 5.41) is 8.03. The molecule has 0 aliphatic heterocycles. The van der Waals surface area contributed by atoms with E-state index in [2.05, 4.69) is 58.1 Å². The molecule has 1 unspecified atom stereocenters. The van der Waals surface area contributed by atoms with Crippen molar-refractivity contribution in [1.82, 2.24) is 15.1 Å². The van der Waals surface area contributed by atoms with E-state index in [0.717, 1.165) is 25.9 Å². The summed E-state index contributed by atoms with van der Waals surface area (Å²) in [5.74, 6) is 0.637. The van der Waals surface area contributed by atoms with E-state index in [9.17, 15) is 0 Å². The van der Waals surface area contributed by atoms with Crippen LogP contribution >= 0.6 is 0 Å². The Balaban J connectivity index is 2.78. The minimum atomic E-state index is 0.318. The Bertz CT molecular complexity index is 360. The molecule has 1 heterocycles. The van der Waals surface area contributed by atoms with Crippen LogP contribution in [-0.2, 0) is 19.9 Å². The molecule has 1 atom stereocenters. The third-order valence-corrected chi connectivity index (χ3v) is 3.71. The minimum absolute atomic E-state index is 0.318. The van der Waals surface area contributed by atoms with E-state index in [1.54, 1.807) is 0 Å². The topological polar surface area (TPSA) is 29.9 Å². The first-order chi connectivity index (χ1) is 8.38. The summed E-state index contributed by atoms with van der Waals surface area (Å²) in [6.45, 7) is 13.4. The van der Waals surface area contributed by atoms with Crippen LogP contribution in [0, 0.1) is 11.3 Å². The normalized spacial score (nSPS) is 13.9. The van der Waals surface area contributed by atoms with Gasteiger partial charge >= 0.3 is 0 Å².